The summed E-state index contributed by atoms with van der Waals surface area (Å²) in [5, 5.41) is 21.1. The summed E-state index contributed by atoms with van der Waals surface area (Å²) in [7, 11) is 0. The number of benzene rings is 1. The van der Waals surface area contributed by atoms with Gasteiger partial charge < -0.3 is 15.5 Å². The minimum Gasteiger partial charge on any atom is -0.394 e. The smallest absolute Gasteiger partial charge is 0.244 e. The van der Waals surface area contributed by atoms with E-state index in [0.29, 0.717) is 6.42 Å². The highest BCUT2D eigenvalue weighted by Gasteiger charge is 2.27. The van der Waals surface area contributed by atoms with Gasteiger partial charge in [-0.1, -0.05) is 35.0 Å². The normalized spacial score (nSPS) is 11.8. The van der Waals surface area contributed by atoms with E-state index in [9.17, 15) is 15.0 Å². The van der Waals surface area contributed by atoms with Gasteiger partial charge in [-0.3, -0.25) is 4.79 Å². The number of amides is 1. The number of carbonyl (C=O) groups is 1. The van der Waals surface area contributed by atoms with Crippen molar-refractivity contribution in [3.8, 4) is 0 Å². The summed E-state index contributed by atoms with van der Waals surface area (Å²) in [4.78, 5) is 11.7. The molecule has 0 heterocycles. The second-order valence-electron chi connectivity index (χ2n) is 4.32. The average Bonchev–Trinajstić information content (AvgIpc) is 2.44. The van der Waals surface area contributed by atoms with E-state index >= 15 is 0 Å². The zero-order valence-corrected chi connectivity index (χ0v) is 12.4. The number of halogens is 1. The molecule has 0 aliphatic carbocycles. The van der Waals surface area contributed by atoms with Crippen LogP contribution in [0.4, 0.5) is 0 Å². The van der Waals surface area contributed by atoms with Gasteiger partial charge in [0, 0.05) is 10.5 Å². The molecule has 1 rings (SSSR count). The SMILES string of the molecule is CCC(CO)(CO)NC(=O)/C=C/c1ccc(Br)cc1. The van der Waals surface area contributed by atoms with Crippen LogP contribution in [0.15, 0.2) is 34.8 Å². The van der Waals surface area contributed by atoms with Crippen LogP contribution in [-0.4, -0.2) is 34.9 Å². The number of hydrogen-bond acceptors (Lipinski definition) is 3. The molecule has 19 heavy (non-hydrogen) atoms. The third kappa shape index (κ3) is 4.78. The molecule has 0 aliphatic rings. The number of aliphatic hydroxyl groups is 2. The highest BCUT2D eigenvalue weighted by atomic mass is 79.9. The molecule has 4 nitrogen and oxygen atoms in total. The molecule has 0 saturated carbocycles. The van der Waals surface area contributed by atoms with Crippen molar-refractivity contribution in [1.82, 2.24) is 5.32 Å². The summed E-state index contributed by atoms with van der Waals surface area (Å²) in [6.45, 7) is 1.21. The van der Waals surface area contributed by atoms with Crippen LogP contribution in [0.2, 0.25) is 0 Å². The molecule has 0 bridgehead atoms. The standard InChI is InChI=1S/C14H18BrNO3/c1-2-14(9-17,10-18)16-13(19)8-5-11-3-6-12(15)7-4-11/h3-8,17-18H,2,9-10H2,1H3,(H,16,19)/b8-5+. The Kier molecular flexibility index (Phi) is 6.21. The lowest BCUT2D eigenvalue weighted by atomic mass is 9.98. The second-order valence-corrected chi connectivity index (χ2v) is 5.24. The Labute approximate surface area is 121 Å². The predicted octanol–water partition coefficient (Wildman–Crippen LogP) is 1.71. The van der Waals surface area contributed by atoms with E-state index in [1.165, 1.54) is 6.08 Å². The van der Waals surface area contributed by atoms with E-state index in [0.717, 1.165) is 10.0 Å². The van der Waals surface area contributed by atoms with Crippen molar-refractivity contribution in [2.75, 3.05) is 13.2 Å². The van der Waals surface area contributed by atoms with E-state index in [1.807, 2.05) is 24.3 Å². The van der Waals surface area contributed by atoms with Gasteiger partial charge in [-0.2, -0.15) is 0 Å². The molecule has 0 atom stereocenters. The lowest BCUT2D eigenvalue weighted by molar-refractivity contribution is -0.119. The Morgan fingerprint density at radius 3 is 2.37 bits per heavy atom. The van der Waals surface area contributed by atoms with Crippen molar-refractivity contribution in [3.05, 3.63) is 40.4 Å². The maximum absolute atomic E-state index is 11.7. The Bertz CT molecular complexity index is 430. The molecular formula is C14H18BrNO3. The van der Waals surface area contributed by atoms with E-state index in [4.69, 9.17) is 0 Å². The number of carbonyl (C=O) groups excluding carboxylic acids is 1. The highest BCUT2D eigenvalue weighted by molar-refractivity contribution is 9.10. The summed E-state index contributed by atoms with van der Waals surface area (Å²) in [5.41, 5.74) is -0.0605. The quantitative estimate of drug-likeness (QED) is 0.697. The lowest BCUT2D eigenvalue weighted by Crippen LogP contribution is -2.53. The van der Waals surface area contributed by atoms with Crippen LogP contribution in [0, 0.1) is 0 Å². The number of aliphatic hydroxyl groups excluding tert-OH is 2. The monoisotopic (exact) mass is 327 g/mol. The zero-order valence-electron chi connectivity index (χ0n) is 10.8. The largest absolute Gasteiger partial charge is 0.394 e. The van der Waals surface area contributed by atoms with Crippen molar-refractivity contribution >= 4 is 27.9 Å². The van der Waals surface area contributed by atoms with Crippen LogP contribution < -0.4 is 5.32 Å². The fourth-order valence-electron chi connectivity index (χ4n) is 1.49. The lowest BCUT2D eigenvalue weighted by Gasteiger charge is -2.28. The van der Waals surface area contributed by atoms with Gasteiger partial charge in [0.2, 0.25) is 5.91 Å². The van der Waals surface area contributed by atoms with Crippen molar-refractivity contribution in [2.24, 2.45) is 0 Å². The number of rotatable bonds is 6. The van der Waals surface area contributed by atoms with Crippen LogP contribution in [-0.2, 0) is 4.79 Å². The molecule has 1 aromatic rings. The molecule has 0 fully saturated rings. The molecule has 0 radical (unpaired) electrons. The maximum Gasteiger partial charge on any atom is 0.244 e. The van der Waals surface area contributed by atoms with E-state index < -0.39 is 5.54 Å². The average molecular weight is 328 g/mol. The third-order valence-electron chi connectivity index (χ3n) is 2.97. The Morgan fingerprint density at radius 1 is 1.32 bits per heavy atom. The first kappa shape index (κ1) is 15.9. The zero-order chi connectivity index (χ0) is 14.3. The summed E-state index contributed by atoms with van der Waals surface area (Å²) < 4.78 is 0.972. The van der Waals surface area contributed by atoms with Crippen LogP contribution >= 0.6 is 15.9 Å². The third-order valence-corrected chi connectivity index (χ3v) is 3.50. The van der Waals surface area contributed by atoms with Crippen LogP contribution in [0.25, 0.3) is 6.08 Å². The molecule has 0 aliphatic heterocycles. The van der Waals surface area contributed by atoms with E-state index in [2.05, 4.69) is 21.2 Å². The molecule has 0 saturated heterocycles. The van der Waals surface area contributed by atoms with Crippen molar-refractivity contribution in [2.45, 2.75) is 18.9 Å². The Morgan fingerprint density at radius 2 is 1.89 bits per heavy atom. The fraction of sp³-hybridized carbons (Fsp3) is 0.357. The predicted molar refractivity (Wildman–Crippen MR) is 78.5 cm³/mol. The Hall–Kier alpha value is -1.17. The number of hydrogen-bond donors (Lipinski definition) is 3. The van der Waals surface area contributed by atoms with Gasteiger partial charge in [-0.05, 0) is 30.2 Å². The van der Waals surface area contributed by atoms with Gasteiger partial charge in [-0.15, -0.1) is 0 Å². The van der Waals surface area contributed by atoms with Crippen molar-refractivity contribution in [1.29, 1.82) is 0 Å². The fourth-order valence-corrected chi connectivity index (χ4v) is 1.75. The highest BCUT2D eigenvalue weighted by Crippen LogP contribution is 2.12. The van der Waals surface area contributed by atoms with Gasteiger partial charge in [0.15, 0.2) is 0 Å². The number of nitrogens with one attached hydrogen (secondary N) is 1. The molecule has 3 N–H and O–H groups in total. The topological polar surface area (TPSA) is 69.6 Å². The summed E-state index contributed by atoms with van der Waals surface area (Å²) in [6.07, 6.45) is 3.52. The molecule has 5 heteroatoms. The van der Waals surface area contributed by atoms with Gasteiger partial charge in [0.25, 0.3) is 0 Å². The minimum atomic E-state index is -0.957. The van der Waals surface area contributed by atoms with Gasteiger partial charge in [0.1, 0.15) is 0 Å². The van der Waals surface area contributed by atoms with Gasteiger partial charge in [-0.25, -0.2) is 0 Å². The van der Waals surface area contributed by atoms with Crippen LogP contribution in [0.3, 0.4) is 0 Å². The first-order valence-electron chi connectivity index (χ1n) is 6.03. The van der Waals surface area contributed by atoms with Crippen LogP contribution in [0.5, 0.6) is 0 Å². The molecule has 0 unspecified atom stereocenters. The molecule has 1 aromatic carbocycles. The van der Waals surface area contributed by atoms with Crippen molar-refractivity contribution < 1.29 is 15.0 Å². The van der Waals surface area contributed by atoms with Gasteiger partial charge >= 0.3 is 0 Å². The minimum absolute atomic E-state index is 0.294. The molecule has 104 valence electrons. The molecular weight excluding hydrogens is 310 g/mol. The van der Waals surface area contributed by atoms with E-state index in [1.54, 1.807) is 13.0 Å². The first-order valence-corrected chi connectivity index (χ1v) is 6.82. The summed E-state index contributed by atoms with van der Waals surface area (Å²) >= 11 is 3.33. The summed E-state index contributed by atoms with van der Waals surface area (Å²) in [6, 6.07) is 7.52. The van der Waals surface area contributed by atoms with Crippen molar-refractivity contribution in [3.63, 3.8) is 0 Å². The maximum atomic E-state index is 11.7. The van der Waals surface area contributed by atoms with Gasteiger partial charge in [0.05, 0.1) is 18.8 Å². The molecule has 0 spiro atoms. The molecule has 1 amide bonds. The molecule has 0 aromatic heterocycles. The van der Waals surface area contributed by atoms with Crippen LogP contribution in [0.1, 0.15) is 18.9 Å². The Balaban J connectivity index is 2.66. The first-order chi connectivity index (χ1) is 9.05. The second kappa shape index (κ2) is 7.43. The summed E-state index contributed by atoms with van der Waals surface area (Å²) in [5.74, 6) is -0.340. The van der Waals surface area contributed by atoms with E-state index in [-0.39, 0.29) is 19.1 Å².